The highest BCUT2D eigenvalue weighted by Gasteiger charge is 2.66. The SMILES string of the molecule is CC.CC.CC.CC.Cc1ccc2c(oc3ccccc32)c1N1CC(C)(C)CC1(C)C.Cc1ccccc1N1CC(C)(C)c2cccnc21.Cc1ccccc1N1CC2(CCCCC2)c2cccnc21.Cc1ccccc1N1CC2(c3ccccc31)C1CC3CC(C1)CC2C3.Cc1ccccc1N1c2ncccc2C2(C3CC4CC(C3)CC2C4)[C@@H]1C. The molecule has 121 heavy (non-hydrogen) atoms. The lowest BCUT2D eigenvalue weighted by atomic mass is 9.43. The zero-order valence-electron chi connectivity index (χ0n) is 77.5. The zero-order chi connectivity index (χ0) is 85.5. The van der Waals surface area contributed by atoms with Gasteiger partial charge in [0, 0.05) is 134 Å². The van der Waals surface area contributed by atoms with Crippen molar-refractivity contribution < 1.29 is 4.42 Å². The summed E-state index contributed by atoms with van der Waals surface area (Å²) in [6.45, 7) is 47.9. The molecule has 0 unspecified atom stereocenters. The van der Waals surface area contributed by atoms with Gasteiger partial charge >= 0.3 is 0 Å². The number of hydrogen-bond donors (Lipinski definition) is 0. The summed E-state index contributed by atoms with van der Waals surface area (Å²) in [6, 6.07) is 70.9. The van der Waals surface area contributed by atoms with Crippen LogP contribution in [0.15, 0.2) is 217 Å². The maximum Gasteiger partial charge on any atom is 0.158 e. The number of pyridine rings is 3. The van der Waals surface area contributed by atoms with E-state index in [9.17, 15) is 0 Å². The molecule has 9 heteroatoms. The van der Waals surface area contributed by atoms with Crippen molar-refractivity contribution in [3.05, 3.63) is 263 Å². The molecule has 0 radical (unpaired) electrons. The molecule has 1 atom stereocenters. The third-order valence-corrected chi connectivity index (χ3v) is 30.8. The molecule has 3 spiro atoms. The highest BCUT2D eigenvalue weighted by Crippen LogP contribution is 2.70. The van der Waals surface area contributed by atoms with Gasteiger partial charge < -0.3 is 28.9 Å². The van der Waals surface area contributed by atoms with Gasteiger partial charge in [-0.2, -0.15) is 0 Å². The van der Waals surface area contributed by atoms with Crippen LogP contribution in [0.4, 0.5) is 51.6 Å². The van der Waals surface area contributed by atoms with Crippen molar-refractivity contribution in [2.24, 2.45) is 52.8 Å². The van der Waals surface area contributed by atoms with Crippen LogP contribution in [0.25, 0.3) is 21.9 Å². The minimum absolute atomic E-state index is 0.140. The van der Waals surface area contributed by atoms with Crippen molar-refractivity contribution in [2.45, 2.75) is 274 Å². The van der Waals surface area contributed by atoms with Gasteiger partial charge in [0.15, 0.2) is 5.58 Å². The van der Waals surface area contributed by atoms with Gasteiger partial charge in [0.2, 0.25) is 0 Å². The summed E-state index contributed by atoms with van der Waals surface area (Å²) in [5.41, 5.74) is 24.6. The fraction of sp³-hybridized carbons (Fsp3) is 0.491. The quantitative estimate of drug-likeness (QED) is 0.168. The van der Waals surface area contributed by atoms with Crippen molar-refractivity contribution in [3.63, 3.8) is 0 Å². The molecule has 7 aromatic carbocycles. The van der Waals surface area contributed by atoms with E-state index >= 15 is 0 Å². The highest BCUT2D eigenvalue weighted by molar-refractivity contribution is 6.09. The Bertz CT molecular complexity index is 5330. The Balaban J connectivity index is 0.000000116. The van der Waals surface area contributed by atoms with E-state index in [0.717, 1.165) is 84.0 Å². The van der Waals surface area contributed by atoms with E-state index in [-0.39, 0.29) is 11.0 Å². The van der Waals surface area contributed by atoms with Crippen molar-refractivity contribution >= 4 is 73.5 Å². The van der Waals surface area contributed by atoms with Crippen LogP contribution < -0.4 is 24.5 Å². The maximum absolute atomic E-state index is 6.30. The van der Waals surface area contributed by atoms with E-state index in [2.05, 4.69) is 295 Å². The molecule has 9 aliphatic carbocycles. The van der Waals surface area contributed by atoms with Crippen molar-refractivity contribution in [1.29, 1.82) is 0 Å². The first kappa shape index (κ1) is 86.7. The fourth-order valence-electron chi connectivity index (χ4n) is 26.7. The summed E-state index contributed by atoms with van der Waals surface area (Å²) in [7, 11) is 0. The van der Waals surface area contributed by atoms with Crippen LogP contribution in [-0.4, -0.2) is 52.7 Å². The van der Waals surface area contributed by atoms with Gasteiger partial charge in [-0.25, -0.2) is 15.0 Å². The molecule has 10 fully saturated rings. The van der Waals surface area contributed by atoms with E-state index in [1.165, 1.54) is 205 Å². The normalized spacial score (nSPS) is 26.2. The molecular weight excluding hydrogens is 1470 g/mol. The van der Waals surface area contributed by atoms with E-state index in [1.807, 2.05) is 86.1 Å². The van der Waals surface area contributed by atoms with Crippen molar-refractivity contribution in [1.82, 2.24) is 15.0 Å². The lowest BCUT2D eigenvalue weighted by molar-refractivity contribution is -0.0654. The molecule has 25 rings (SSSR count). The van der Waals surface area contributed by atoms with E-state index in [0.29, 0.717) is 27.7 Å². The largest absolute Gasteiger partial charge is 0.454 e. The molecule has 14 aliphatic rings. The Morgan fingerprint density at radius 3 is 1.31 bits per heavy atom. The van der Waals surface area contributed by atoms with Crippen LogP contribution >= 0.6 is 0 Å². The lowest BCUT2D eigenvalue weighted by Crippen LogP contribution is -2.60. The topological polar surface area (TPSA) is 68.0 Å². The van der Waals surface area contributed by atoms with Crippen LogP contribution in [0.5, 0.6) is 0 Å². The lowest BCUT2D eigenvalue weighted by Gasteiger charge is -2.62. The number of anilines is 9. The predicted octanol–water partition coefficient (Wildman–Crippen LogP) is 30.0. The van der Waals surface area contributed by atoms with Crippen LogP contribution in [0.3, 0.4) is 0 Å². The van der Waals surface area contributed by atoms with Gasteiger partial charge in [-0.15, -0.1) is 0 Å². The third-order valence-electron chi connectivity index (χ3n) is 30.8. The van der Waals surface area contributed by atoms with Crippen LogP contribution in [0, 0.1) is 87.4 Å². The van der Waals surface area contributed by atoms with Crippen LogP contribution in [-0.2, 0) is 21.7 Å². The van der Waals surface area contributed by atoms with Gasteiger partial charge in [0.25, 0.3) is 0 Å². The molecule has 4 aromatic heterocycles. The molecule has 9 nitrogen and oxygen atoms in total. The van der Waals surface area contributed by atoms with E-state index in [4.69, 9.17) is 14.4 Å². The summed E-state index contributed by atoms with van der Waals surface area (Å²) in [5, 5.41) is 2.43. The molecule has 9 heterocycles. The first-order valence-electron chi connectivity index (χ1n) is 47.6. The Morgan fingerprint density at radius 2 is 0.785 bits per heavy atom. The number of benzene rings is 7. The third kappa shape index (κ3) is 15.5. The number of aromatic nitrogens is 3. The molecule has 5 aliphatic heterocycles. The average molecular weight is 1620 g/mol. The maximum atomic E-state index is 6.30. The second-order valence-electron chi connectivity index (χ2n) is 39.3. The predicted molar refractivity (Wildman–Crippen MR) is 515 cm³/mol. The number of nitrogens with zero attached hydrogens (tertiary/aromatic N) is 8. The van der Waals surface area contributed by atoms with Gasteiger partial charge in [-0.1, -0.05) is 242 Å². The van der Waals surface area contributed by atoms with Gasteiger partial charge in [-0.05, 0) is 280 Å². The Kier molecular flexibility index (Phi) is 25.5. The minimum Gasteiger partial charge on any atom is -0.454 e. The summed E-state index contributed by atoms with van der Waals surface area (Å²) in [6.07, 6.45) is 28.5. The monoisotopic (exact) mass is 1620 g/mol. The summed E-state index contributed by atoms with van der Waals surface area (Å²) in [5.74, 6) is 11.1. The number of fused-ring (bicyclic) bond motifs is 8. The van der Waals surface area contributed by atoms with Crippen molar-refractivity contribution in [3.8, 4) is 0 Å². The second-order valence-corrected chi connectivity index (χ2v) is 39.3. The minimum atomic E-state index is 0.140. The molecule has 0 N–H and O–H groups in total. The molecular formula is C112H144N8O. The zero-order valence-corrected chi connectivity index (χ0v) is 77.5. The summed E-state index contributed by atoms with van der Waals surface area (Å²) < 4.78 is 6.30. The molecule has 0 amide bonds. The highest BCUT2D eigenvalue weighted by atomic mass is 16.3. The molecule has 638 valence electrons. The Labute approximate surface area is 729 Å². The van der Waals surface area contributed by atoms with E-state index < -0.39 is 0 Å². The number of furan rings is 1. The van der Waals surface area contributed by atoms with Crippen molar-refractivity contribution in [2.75, 3.05) is 50.7 Å². The number of para-hydroxylation sites is 6. The molecule has 8 bridgehead atoms. The van der Waals surface area contributed by atoms with Gasteiger partial charge in [-0.3, -0.25) is 0 Å². The van der Waals surface area contributed by atoms with E-state index in [1.54, 1.807) is 11.1 Å². The standard InChI is InChI=1S/C24H28N2.C24H27N.C21H25NO.C19H22N2.C16H18N2.4C2H6/c1-15-6-3-4-8-22(15)26-16(2)24(21-7-5-9-25-23(21)26)19-11-17-10-18(13-19)14-20(24)12-17;1-16-6-2-4-8-22(16)25-15-24(21-7-3-5-9-23(21)25)19-11-17-10-18(13-19)14-20(24)12-17;1-14-10-11-16-15-8-6-7-9-17(15)23-19(16)18(14)22-13-20(2,3)12-21(22,4)5;1-15-8-3-4-10-17(15)21-14-19(11-5-2-6-12-19)16-9-7-13-20-18(16)21;1-12-7-4-5-9-14(12)18-11-16(2,3)13-8-6-10-17-15(13)18;4*1-2/h3-9,16-20H,10-14H2,1-2H3;2-9,17-20H,10-15H2,1H3;6-11H,12-13H2,1-5H3;3-4,7-10,13H,2,5-6,11-12,14H2,1H3;4-10H,11H2,1-3H3;4*1-2H3/t16-,17?,18?,19?,20?,24?;;;;;;;;/m0......../s1. The van der Waals surface area contributed by atoms with Crippen LogP contribution in [0.2, 0.25) is 0 Å². The summed E-state index contributed by atoms with van der Waals surface area (Å²) >= 11 is 0. The first-order chi connectivity index (χ1) is 58.6. The molecule has 9 saturated carbocycles. The fourth-order valence-corrected chi connectivity index (χ4v) is 26.7. The molecule has 11 aromatic rings. The second kappa shape index (κ2) is 35.6. The van der Waals surface area contributed by atoms with Crippen LogP contribution in [0.1, 0.15) is 257 Å². The smallest absolute Gasteiger partial charge is 0.158 e. The number of hydrogen-bond acceptors (Lipinski definition) is 9. The Hall–Kier alpha value is -9.21. The first-order valence-corrected chi connectivity index (χ1v) is 47.6. The molecule has 1 saturated heterocycles. The van der Waals surface area contributed by atoms with Gasteiger partial charge in [0.05, 0.1) is 5.69 Å². The average Bonchev–Trinajstić information content (AvgIpc) is 1.54. The Morgan fingerprint density at radius 1 is 0.355 bits per heavy atom. The number of rotatable bonds is 5. The van der Waals surface area contributed by atoms with Gasteiger partial charge in [0.1, 0.15) is 23.0 Å². The number of aryl methyl sites for hydroxylation is 5. The summed E-state index contributed by atoms with van der Waals surface area (Å²) in [4.78, 5) is 26.9.